The molecule has 0 bridgehead atoms. The van der Waals surface area contributed by atoms with E-state index in [2.05, 4.69) is 36.5 Å². The van der Waals surface area contributed by atoms with Crippen LogP contribution in [0.5, 0.6) is 0 Å². The van der Waals surface area contributed by atoms with Crippen LogP contribution in [0.25, 0.3) is 0 Å². The van der Waals surface area contributed by atoms with Crippen LogP contribution in [0.2, 0.25) is 0 Å². The lowest BCUT2D eigenvalue weighted by molar-refractivity contribution is 0.631. The first-order chi connectivity index (χ1) is 8.61. The Morgan fingerprint density at radius 1 is 1.28 bits per heavy atom. The average molecular weight is 312 g/mol. The average Bonchev–Trinajstić information content (AvgIpc) is 2.35. The number of nitrogens with zero attached hydrogens (tertiary/aromatic N) is 2. The van der Waals surface area contributed by atoms with Gasteiger partial charge in [0.15, 0.2) is 11.6 Å². The lowest BCUT2D eigenvalue weighted by Crippen LogP contribution is -2.05. The maximum Gasteiger partial charge on any atom is 0.159 e. The number of aromatic nitrogens is 2. The number of nitrogens with two attached hydrogens (primary N) is 1. The lowest BCUT2D eigenvalue weighted by atomic mass is 10.3. The smallest absolute Gasteiger partial charge is 0.159 e. The molecule has 18 heavy (non-hydrogen) atoms. The summed E-state index contributed by atoms with van der Waals surface area (Å²) in [4.78, 5) is 7.93. The lowest BCUT2D eigenvalue weighted by Gasteiger charge is -2.11. The van der Waals surface area contributed by atoms with Crippen molar-refractivity contribution in [3.8, 4) is 0 Å². The Morgan fingerprint density at radius 2 is 2.00 bits per heavy atom. The van der Waals surface area contributed by atoms with Crippen LogP contribution in [0.15, 0.2) is 29.0 Å². The van der Waals surface area contributed by atoms with Gasteiger partial charge in [0.2, 0.25) is 0 Å². The van der Waals surface area contributed by atoms with Gasteiger partial charge in [-0.15, -0.1) is 0 Å². The molecule has 94 valence electrons. The highest BCUT2D eigenvalue weighted by Gasteiger charge is 2.09. The summed E-state index contributed by atoms with van der Waals surface area (Å²) in [5, 5.41) is 5.66. The molecular formula is C11H11BrFN5. The van der Waals surface area contributed by atoms with Gasteiger partial charge in [0, 0.05) is 11.5 Å². The van der Waals surface area contributed by atoms with Crippen molar-refractivity contribution in [2.45, 2.75) is 0 Å². The minimum atomic E-state index is -0.395. The number of hydrogen-bond donors (Lipinski definition) is 3. The Hall–Kier alpha value is -1.89. The molecule has 0 saturated heterocycles. The van der Waals surface area contributed by atoms with E-state index < -0.39 is 5.82 Å². The van der Waals surface area contributed by atoms with Crippen LogP contribution in [0.1, 0.15) is 0 Å². The molecule has 0 aliphatic heterocycles. The van der Waals surface area contributed by atoms with Crippen LogP contribution >= 0.6 is 15.9 Å². The second-order valence-corrected chi connectivity index (χ2v) is 4.40. The molecule has 0 radical (unpaired) electrons. The SMILES string of the molecule is CNc1ncnc(Nc2ccc(Br)cc2F)c1N. The third-order valence-electron chi connectivity index (χ3n) is 2.30. The second-order valence-electron chi connectivity index (χ2n) is 3.48. The Kier molecular flexibility index (Phi) is 3.61. The second kappa shape index (κ2) is 5.18. The van der Waals surface area contributed by atoms with E-state index in [1.54, 1.807) is 19.2 Å². The standard InChI is InChI=1S/C11H11BrFN5/c1-15-10-9(14)11(17-5-16-10)18-8-3-2-6(12)4-7(8)13/h2-5H,14H2,1H3,(H2,15,16,17,18). The third kappa shape index (κ3) is 2.51. The molecule has 0 spiro atoms. The summed E-state index contributed by atoms with van der Waals surface area (Å²) in [5.74, 6) is 0.453. The number of nitrogen functional groups attached to an aromatic ring is 1. The Balaban J connectivity index is 2.34. The van der Waals surface area contributed by atoms with Crippen LogP contribution in [-0.2, 0) is 0 Å². The molecular weight excluding hydrogens is 301 g/mol. The number of halogens is 2. The van der Waals surface area contributed by atoms with E-state index in [-0.39, 0.29) is 0 Å². The van der Waals surface area contributed by atoms with Crippen molar-refractivity contribution in [2.24, 2.45) is 0 Å². The maximum atomic E-state index is 13.7. The van der Waals surface area contributed by atoms with Gasteiger partial charge in [-0.3, -0.25) is 0 Å². The zero-order valence-electron chi connectivity index (χ0n) is 9.54. The van der Waals surface area contributed by atoms with E-state index in [4.69, 9.17) is 5.73 Å². The van der Waals surface area contributed by atoms with Crippen molar-refractivity contribution in [2.75, 3.05) is 23.4 Å². The molecule has 0 unspecified atom stereocenters. The van der Waals surface area contributed by atoms with E-state index in [9.17, 15) is 4.39 Å². The van der Waals surface area contributed by atoms with E-state index in [1.807, 2.05) is 0 Å². The number of rotatable bonds is 3. The van der Waals surface area contributed by atoms with Gasteiger partial charge in [0.25, 0.3) is 0 Å². The van der Waals surface area contributed by atoms with E-state index in [0.29, 0.717) is 27.5 Å². The zero-order valence-corrected chi connectivity index (χ0v) is 11.1. The van der Waals surface area contributed by atoms with Gasteiger partial charge in [0.1, 0.15) is 17.8 Å². The first-order valence-electron chi connectivity index (χ1n) is 5.12. The third-order valence-corrected chi connectivity index (χ3v) is 2.80. The van der Waals surface area contributed by atoms with Gasteiger partial charge in [-0.2, -0.15) is 0 Å². The van der Waals surface area contributed by atoms with Gasteiger partial charge in [-0.1, -0.05) is 15.9 Å². The predicted molar refractivity (Wildman–Crippen MR) is 73.4 cm³/mol. The molecule has 0 fully saturated rings. The van der Waals surface area contributed by atoms with Crippen LogP contribution in [0.3, 0.4) is 0 Å². The molecule has 0 aliphatic rings. The number of hydrogen-bond acceptors (Lipinski definition) is 5. The first kappa shape index (κ1) is 12.6. The van der Waals surface area contributed by atoms with E-state index in [0.717, 1.165) is 0 Å². The van der Waals surface area contributed by atoms with Crippen LogP contribution in [0, 0.1) is 5.82 Å². The van der Waals surface area contributed by atoms with Crippen molar-refractivity contribution in [3.05, 3.63) is 34.8 Å². The summed E-state index contributed by atoms with van der Waals surface area (Å²) in [6.45, 7) is 0. The topological polar surface area (TPSA) is 75.9 Å². The monoisotopic (exact) mass is 311 g/mol. The molecule has 1 aromatic carbocycles. The van der Waals surface area contributed by atoms with Gasteiger partial charge in [-0.25, -0.2) is 14.4 Å². The van der Waals surface area contributed by atoms with Gasteiger partial charge in [0.05, 0.1) is 5.69 Å². The quantitative estimate of drug-likeness (QED) is 0.812. The zero-order chi connectivity index (χ0) is 13.1. The van der Waals surface area contributed by atoms with Crippen molar-refractivity contribution >= 4 is 38.9 Å². The molecule has 1 heterocycles. The molecule has 2 rings (SSSR count). The summed E-state index contributed by atoms with van der Waals surface area (Å²) in [5.41, 5.74) is 6.47. The van der Waals surface area contributed by atoms with Crippen LogP contribution in [-0.4, -0.2) is 17.0 Å². The largest absolute Gasteiger partial charge is 0.393 e. The molecule has 7 heteroatoms. The van der Waals surface area contributed by atoms with Crippen LogP contribution < -0.4 is 16.4 Å². The van der Waals surface area contributed by atoms with Gasteiger partial charge >= 0.3 is 0 Å². The maximum absolute atomic E-state index is 13.7. The van der Waals surface area contributed by atoms with Crippen LogP contribution in [0.4, 0.5) is 27.4 Å². The molecule has 0 aliphatic carbocycles. The summed E-state index contributed by atoms with van der Waals surface area (Å²) in [6.07, 6.45) is 1.35. The fourth-order valence-electron chi connectivity index (χ4n) is 1.41. The van der Waals surface area contributed by atoms with Crippen molar-refractivity contribution in [3.63, 3.8) is 0 Å². The fraction of sp³-hybridized carbons (Fsp3) is 0.0909. The minimum absolute atomic E-state index is 0.297. The van der Waals surface area contributed by atoms with E-state index in [1.165, 1.54) is 12.4 Å². The summed E-state index contributed by atoms with van der Waals surface area (Å²) >= 11 is 3.19. The Bertz CT molecular complexity index is 575. The highest BCUT2D eigenvalue weighted by Crippen LogP contribution is 2.27. The molecule has 5 nitrogen and oxygen atoms in total. The predicted octanol–water partition coefficient (Wildman–Crippen LogP) is 2.75. The molecule has 1 aromatic heterocycles. The molecule has 0 saturated carbocycles. The highest BCUT2D eigenvalue weighted by atomic mass is 79.9. The number of anilines is 4. The Labute approximate surface area is 112 Å². The summed E-state index contributed by atoms with van der Waals surface area (Å²) < 4.78 is 14.3. The number of nitrogens with one attached hydrogen (secondary N) is 2. The van der Waals surface area contributed by atoms with Gasteiger partial charge in [-0.05, 0) is 18.2 Å². The number of benzene rings is 1. The molecule has 4 N–H and O–H groups in total. The first-order valence-corrected chi connectivity index (χ1v) is 5.91. The molecule has 0 atom stereocenters. The summed E-state index contributed by atoms with van der Waals surface area (Å²) in [6, 6.07) is 4.68. The highest BCUT2D eigenvalue weighted by molar-refractivity contribution is 9.10. The Morgan fingerprint density at radius 3 is 2.67 bits per heavy atom. The fourth-order valence-corrected chi connectivity index (χ4v) is 1.75. The van der Waals surface area contributed by atoms with Crippen molar-refractivity contribution in [1.29, 1.82) is 0 Å². The summed E-state index contributed by atoms with van der Waals surface area (Å²) in [7, 11) is 1.70. The minimum Gasteiger partial charge on any atom is -0.393 e. The van der Waals surface area contributed by atoms with Gasteiger partial charge < -0.3 is 16.4 Å². The van der Waals surface area contributed by atoms with E-state index >= 15 is 0 Å². The molecule has 0 amide bonds. The van der Waals surface area contributed by atoms with Crippen molar-refractivity contribution in [1.82, 2.24) is 9.97 Å². The van der Waals surface area contributed by atoms with Crippen molar-refractivity contribution < 1.29 is 4.39 Å². The molecule has 2 aromatic rings. The normalized spacial score (nSPS) is 10.2.